The highest BCUT2D eigenvalue weighted by molar-refractivity contribution is 6.46. The molecular formula is C30H32N2O5. The molecule has 3 aromatic rings. The number of hydrogen-bond acceptors (Lipinski definition) is 6. The second kappa shape index (κ2) is 11.3. The number of benzene rings is 2. The third-order valence-corrected chi connectivity index (χ3v) is 6.52. The van der Waals surface area contributed by atoms with Crippen molar-refractivity contribution in [3.8, 4) is 11.5 Å². The summed E-state index contributed by atoms with van der Waals surface area (Å²) in [6.45, 7) is 6.57. The fraction of sp³-hybridized carbons (Fsp3) is 0.300. The van der Waals surface area contributed by atoms with Gasteiger partial charge in [-0.3, -0.25) is 14.6 Å². The summed E-state index contributed by atoms with van der Waals surface area (Å²) in [5, 5.41) is 11.5. The van der Waals surface area contributed by atoms with E-state index in [9.17, 15) is 14.7 Å². The van der Waals surface area contributed by atoms with E-state index in [0.717, 1.165) is 29.5 Å². The van der Waals surface area contributed by atoms with Gasteiger partial charge in [0.2, 0.25) is 0 Å². The lowest BCUT2D eigenvalue weighted by Crippen LogP contribution is -2.29. The van der Waals surface area contributed by atoms with Crippen molar-refractivity contribution in [2.45, 2.75) is 46.2 Å². The first kappa shape index (κ1) is 25.9. The van der Waals surface area contributed by atoms with Gasteiger partial charge in [-0.25, -0.2) is 0 Å². The predicted molar refractivity (Wildman–Crippen MR) is 141 cm³/mol. The average Bonchev–Trinajstić information content (AvgIpc) is 3.15. The number of aliphatic hydroxyl groups excluding tert-OH is 1. The van der Waals surface area contributed by atoms with Gasteiger partial charge in [-0.2, -0.15) is 0 Å². The fourth-order valence-corrected chi connectivity index (χ4v) is 4.51. The van der Waals surface area contributed by atoms with Crippen LogP contribution in [0.2, 0.25) is 0 Å². The van der Waals surface area contributed by atoms with Crippen LogP contribution in [0.4, 0.5) is 0 Å². The minimum absolute atomic E-state index is 0.0456. The summed E-state index contributed by atoms with van der Waals surface area (Å²) in [6.07, 6.45) is 5.22. The van der Waals surface area contributed by atoms with E-state index in [1.54, 1.807) is 37.7 Å². The first-order valence-electron chi connectivity index (χ1n) is 12.4. The summed E-state index contributed by atoms with van der Waals surface area (Å²) < 4.78 is 11.5. The maximum Gasteiger partial charge on any atom is 0.295 e. The summed E-state index contributed by atoms with van der Waals surface area (Å²) in [6, 6.07) is 13.8. The van der Waals surface area contributed by atoms with Gasteiger partial charge >= 0.3 is 0 Å². The van der Waals surface area contributed by atoms with Gasteiger partial charge in [-0.05, 0) is 61.2 Å². The van der Waals surface area contributed by atoms with Crippen LogP contribution in [0.5, 0.6) is 11.5 Å². The van der Waals surface area contributed by atoms with Crippen LogP contribution in [-0.4, -0.2) is 40.4 Å². The normalized spacial score (nSPS) is 16.8. The molecule has 1 atom stereocenters. The lowest BCUT2D eigenvalue weighted by Gasteiger charge is -2.26. The van der Waals surface area contributed by atoms with E-state index in [4.69, 9.17) is 9.47 Å². The van der Waals surface area contributed by atoms with Crippen LogP contribution in [0.15, 0.2) is 66.5 Å². The number of likely N-dealkylation sites (tertiary alicyclic amines) is 1. The lowest BCUT2D eigenvalue weighted by atomic mass is 9.93. The Bertz CT molecular complexity index is 1330. The third-order valence-electron chi connectivity index (χ3n) is 6.52. The van der Waals surface area contributed by atoms with Crippen LogP contribution in [0.1, 0.15) is 53.6 Å². The summed E-state index contributed by atoms with van der Waals surface area (Å²) in [5.74, 6) is -0.524. The molecule has 1 amide bonds. The zero-order valence-electron chi connectivity index (χ0n) is 21.7. The highest BCUT2D eigenvalue weighted by Crippen LogP contribution is 2.43. The van der Waals surface area contributed by atoms with Crippen LogP contribution in [0.25, 0.3) is 5.76 Å². The van der Waals surface area contributed by atoms with Crippen LogP contribution < -0.4 is 9.47 Å². The van der Waals surface area contributed by atoms with Crippen LogP contribution in [-0.2, 0) is 16.1 Å². The number of rotatable bonds is 9. The summed E-state index contributed by atoms with van der Waals surface area (Å²) in [4.78, 5) is 32.4. The molecule has 192 valence electrons. The second-order valence-electron chi connectivity index (χ2n) is 9.22. The van der Waals surface area contributed by atoms with Gasteiger partial charge in [-0.15, -0.1) is 0 Å². The van der Waals surface area contributed by atoms with Crippen molar-refractivity contribution in [1.82, 2.24) is 9.88 Å². The highest BCUT2D eigenvalue weighted by atomic mass is 16.5. The average molecular weight is 501 g/mol. The minimum Gasteiger partial charge on any atom is -0.507 e. The lowest BCUT2D eigenvalue weighted by molar-refractivity contribution is -0.140. The number of pyridine rings is 1. The molecule has 0 radical (unpaired) electrons. The number of amides is 1. The Hall–Kier alpha value is -4.13. The Balaban J connectivity index is 1.86. The highest BCUT2D eigenvalue weighted by Gasteiger charge is 2.46. The van der Waals surface area contributed by atoms with Crippen molar-refractivity contribution in [3.63, 3.8) is 0 Å². The Labute approximate surface area is 217 Å². The van der Waals surface area contributed by atoms with Crippen LogP contribution in [0.3, 0.4) is 0 Å². The van der Waals surface area contributed by atoms with Crippen molar-refractivity contribution in [1.29, 1.82) is 0 Å². The zero-order valence-corrected chi connectivity index (χ0v) is 21.7. The molecule has 0 spiro atoms. The summed E-state index contributed by atoms with van der Waals surface area (Å²) in [7, 11) is 1.55. The number of ether oxygens (including phenoxy) is 2. The molecule has 0 aliphatic carbocycles. The van der Waals surface area contributed by atoms with Gasteiger partial charge in [0.25, 0.3) is 11.7 Å². The van der Waals surface area contributed by atoms with E-state index in [-0.39, 0.29) is 17.9 Å². The molecule has 37 heavy (non-hydrogen) atoms. The molecule has 1 N–H and O–H groups in total. The number of hydrogen-bond donors (Lipinski definition) is 1. The molecule has 1 unspecified atom stereocenters. The number of aromatic nitrogens is 1. The topological polar surface area (TPSA) is 89.0 Å². The molecule has 4 rings (SSSR count). The standard InChI is InChI=1S/C30H32N2O5/c1-5-6-14-37-24-12-11-22(16-25(24)36-4)27-26(28(33)23-15-19(2)9-10-20(23)3)29(34)30(35)32(27)18-21-8-7-13-31-17-21/h7-13,15-17,27,33H,5-6,14,18H2,1-4H3. The Kier molecular flexibility index (Phi) is 7.92. The molecule has 1 fully saturated rings. The molecule has 7 heteroatoms. The summed E-state index contributed by atoms with van der Waals surface area (Å²) in [5.41, 5.74) is 3.71. The van der Waals surface area contributed by atoms with Gasteiger partial charge in [0.05, 0.1) is 25.3 Å². The fourth-order valence-electron chi connectivity index (χ4n) is 4.51. The first-order valence-corrected chi connectivity index (χ1v) is 12.4. The number of ketones is 1. The number of carbonyl (C=O) groups is 2. The Morgan fingerprint density at radius 3 is 2.59 bits per heavy atom. The molecule has 0 bridgehead atoms. The number of unbranched alkanes of at least 4 members (excludes halogenated alkanes) is 1. The summed E-state index contributed by atoms with van der Waals surface area (Å²) >= 11 is 0. The Morgan fingerprint density at radius 2 is 1.89 bits per heavy atom. The van der Waals surface area contributed by atoms with Crippen molar-refractivity contribution < 1.29 is 24.2 Å². The molecule has 1 aliphatic heterocycles. The van der Waals surface area contributed by atoms with Crippen LogP contribution >= 0.6 is 0 Å². The van der Waals surface area contributed by atoms with E-state index in [2.05, 4.69) is 11.9 Å². The second-order valence-corrected chi connectivity index (χ2v) is 9.22. The largest absolute Gasteiger partial charge is 0.507 e. The van der Waals surface area contributed by atoms with Crippen molar-refractivity contribution in [2.24, 2.45) is 0 Å². The number of nitrogens with zero attached hydrogens (tertiary/aromatic N) is 2. The third kappa shape index (κ3) is 5.35. The van der Waals surface area contributed by atoms with E-state index in [0.29, 0.717) is 29.2 Å². The van der Waals surface area contributed by atoms with E-state index in [1.165, 1.54) is 4.90 Å². The number of methoxy groups -OCH3 is 1. The number of aliphatic hydroxyl groups is 1. The SMILES string of the molecule is CCCCOc1ccc(C2C(=C(O)c3cc(C)ccc3C)C(=O)C(=O)N2Cc2cccnc2)cc1OC. The molecule has 0 saturated carbocycles. The number of carbonyl (C=O) groups excluding carboxylic acids is 2. The van der Waals surface area contributed by atoms with Gasteiger partial charge in [-0.1, -0.05) is 43.2 Å². The number of aryl methyl sites for hydroxylation is 2. The van der Waals surface area contributed by atoms with Crippen LogP contribution in [0, 0.1) is 13.8 Å². The molecule has 1 aliphatic rings. The van der Waals surface area contributed by atoms with Gasteiger partial charge in [0.15, 0.2) is 11.5 Å². The van der Waals surface area contributed by atoms with Gasteiger partial charge in [0.1, 0.15) is 5.76 Å². The van der Waals surface area contributed by atoms with Gasteiger partial charge in [0, 0.05) is 24.5 Å². The molecule has 1 aromatic heterocycles. The van der Waals surface area contributed by atoms with E-state index in [1.807, 2.05) is 44.2 Å². The Morgan fingerprint density at radius 1 is 1.08 bits per heavy atom. The maximum absolute atomic E-state index is 13.4. The molecule has 2 heterocycles. The molecular weight excluding hydrogens is 468 g/mol. The quantitative estimate of drug-likeness (QED) is 0.180. The molecule has 2 aromatic carbocycles. The van der Waals surface area contributed by atoms with E-state index >= 15 is 0 Å². The first-order chi connectivity index (χ1) is 17.8. The smallest absolute Gasteiger partial charge is 0.295 e. The minimum atomic E-state index is -0.821. The van der Waals surface area contributed by atoms with E-state index < -0.39 is 17.7 Å². The molecule has 7 nitrogen and oxygen atoms in total. The van der Waals surface area contributed by atoms with Crippen molar-refractivity contribution >= 4 is 17.4 Å². The zero-order chi connectivity index (χ0) is 26.5. The molecule has 1 saturated heterocycles. The predicted octanol–water partition coefficient (Wildman–Crippen LogP) is 5.51. The maximum atomic E-state index is 13.4. The number of Topliss-reactive ketones (excluding diaryl/α,β-unsaturated/α-hetero) is 1. The monoisotopic (exact) mass is 500 g/mol. The van der Waals surface area contributed by atoms with Gasteiger partial charge < -0.3 is 19.5 Å². The van der Waals surface area contributed by atoms with Crippen molar-refractivity contribution in [3.05, 3.63) is 94.3 Å². The van der Waals surface area contributed by atoms with Crippen molar-refractivity contribution in [2.75, 3.05) is 13.7 Å².